The molecule has 5 nitrogen and oxygen atoms in total. The summed E-state index contributed by atoms with van der Waals surface area (Å²) in [6.07, 6.45) is 0.596. The molecule has 1 amide bonds. The molecule has 1 aliphatic rings. The van der Waals surface area contributed by atoms with E-state index in [1.165, 1.54) is 19.2 Å². The number of carbonyl (C=O) groups excluding carboxylic acids is 1. The highest BCUT2D eigenvalue weighted by Gasteiger charge is 2.45. The molecule has 0 radical (unpaired) electrons. The van der Waals surface area contributed by atoms with Crippen molar-refractivity contribution in [3.8, 4) is 5.75 Å². The van der Waals surface area contributed by atoms with Gasteiger partial charge in [-0.1, -0.05) is 35.9 Å². The van der Waals surface area contributed by atoms with E-state index in [0.717, 1.165) is 11.6 Å². The third-order valence-corrected chi connectivity index (χ3v) is 4.82. The van der Waals surface area contributed by atoms with Crippen molar-refractivity contribution in [1.29, 1.82) is 0 Å². The van der Waals surface area contributed by atoms with Crippen LogP contribution in [0.2, 0.25) is 5.02 Å². The first-order valence-corrected chi connectivity index (χ1v) is 8.41. The Morgan fingerprint density at radius 3 is 2.65 bits per heavy atom. The summed E-state index contributed by atoms with van der Waals surface area (Å²) >= 11 is 6.15. The van der Waals surface area contributed by atoms with E-state index in [0.29, 0.717) is 11.4 Å². The van der Waals surface area contributed by atoms with Crippen LogP contribution in [-0.4, -0.2) is 24.1 Å². The number of aliphatic carboxylic acids is 1. The summed E-state index contributed by atoms with van der Waals surface area (Å²) in [7, 11) is 1.32. The predicted molar refractivity (Wildman–Crippen MR) is 93.8 cm³/mol. The number of rotatable bonds is 6. The van der Waals surface area contributed by atoms with E-state index in [1.54, 1.807) is 6.07 Å². The zero-order chi connectivity index (χ0) is 18.8. The van der Waals surface area contributed by atoms with E-state index in [9.17, 15) is 19.1 Å². The second-order valence-corrected chi connectivity index (χ2v) is 6.55. The lowest BCUT2D eigenvalue weighted by Crippen LogP contribution is -2.35. The van der Waals surface area contributed by atoms with Crippen molar-refractivity contribution in [3.05, 3.63) is 64.4 Å². The van der Waals surface area contributed by atoms with Crippen LogP contribution in [0.25, 0.3) is 0 Å². The van der Waals surface area contributed by atoms with Gasteiger partial charge < -0.3 is 15.2 Å². The van der Waals surface area contributed by atoms with Crippen molar-refractivity contribution >= 4 is 23.5 Å². The monoisotopic (exact) mass is 377 g/mol. The normalized spacial score (nSPS) is 19.5. The molecule has 2 N–H and O–H groups in total. The highest BCUT2D eigenvalue weighted by Crippen LogP contribution is 2.49. The Hall–Kier alpha value is -2.60. The van der Waals surface area contributed by atoms with Crippen molar-refractivity contribution in [2.75, 3.05) is 7.11 Å². The fourth-order valence-electron chi connectivity index (χ4n) is 3.00. The molecule has 7 heteroatoms. The predicted octanol–water partition coefficient (Wildman–Crippen LogP) is 3.53. The van der Waals surface area contributed by atoms with Crippen LogP contribution in [0.15, 0.2) is 42.5 Å². The molecule has 0 saturated heterocycles. The lowest BCUT2D eigenvalue weighted by Gasteiger charge is -2.16. The number of carbonyl (C=O) groups is 2. The number of hydrogen-bond donors (Lipinski definition) is 2. The molecule has 0 aromatic heterocycles. The summed E-state index contributed by atoms with van der Waals surface area (Å²) in [6, 6.07) is 9.72. The van der Waals surface area contributed by atoms with Crippen LogP contribution in [0, 0.1) is 11.7 Å². The van der Waals surface area contributed by atoms with Crippen molar-refractivity contribution in [2.45, 2.75) is 18.4 Å². The number of amides is 1. The first kappa shape index (κ1) is 18.2. The van der Waals surface area contributed by atoms with Crippen LogP contribution in [0.3, 0.4) is 0 Å². The molecule has 136 valence electrons. The lowest BCUT2D eigenvalue weighted by molar-refractivity contribution is -0.142. The summed E-state index contributed by atoms with van der Waals surface area (Å²) in [5, 5.41) is 12.5. The minimum Gasteiger partial charge on any atom is -0.494 e. The fourth-order valence-corrected chi connectivity index (χ4v) is 3.28. The second-order valence-electron chi connectivity index (χ2n) is 6.14. The van der Waals surface area contributed by atoms with E-state index < -0.39 is 23.7 Å². The van der Waals surface area contributed by atoms with E-state index >= 15 is 0 Å². The van der Waals surface area contributed by atoms with Gasteiger partial charge in [-0.05, 0) is 41.7 Å². The topological polar surface area (TPSA) is 75.6 Å². The molecular weight excluding hydrogens is 361 g/mol. The number of nitrogens with one attached hydrogen (secondary N) is 1. The average molecular weight is 378 g/mol. The summed E-state index contributed by atoms with van der Waals surface area (Å²) in [6.45, 7) is 0. The zero-order valence-electron chi connectivity index (χ0n) is 13.9. The Kier molecular flexibility index (Phi) is 5.13. The van der Waals surface area contributed by atoms with Gasteiger partial charge in [-0.3, -0.25) is 4.79 Å². The Balaban J connectivity index is 1.73. The first-order valence-electron chi connectivity index (χ1n) is 8.03. The number of methoxy groups -OCH3 is 1. The molecule has 3 atom stereocenters. The molecule has 0 bridgehead atoms. The Labute approximate surface area is 154 Å². The van der Waals surface area contributed by atoms with Crippen molar-refractivity contribution < 1.29 is 23.8 Å². The van der Waals surface area contributed by atoms with Gasteiger partial charge in [0.1, 0.15) is 0 Å². The van der Waals surface area contributed by atoms with E-state index in [4.69, 9.17) is 16.3 Å². The first-order chi connectivity index (χ1) is 12.4. The molecule has 0 spiro atoms. The molecule has 1 fully saturated rings. The van der Waals surface area contributed by atoms with E-state index in [-0.39, 0.29) is 23.1 Å². The largest absolute Gasteiger partial charge is 0.494 e. The highest BCUT2D eigenvalue weighted by molar-refractivity contribution is 6.31. The molecule has 2 aromatic rings. The molecule has 3 rings (SSSR count). The Bertz CT molecular complexity index is 857. The van der Waals surface area contributed by atoms with Crippen LogP contribution in [0.4, 0.5) is 4.39 Å². The third-order valence-electron chi connectivity index (χ3n) is 4.47. The minimum atomic E-state index is -1.34. The number of carboxylic acid groups (broad SMARTS) is 1. The second kappa shape index (κ2) is 7.33. The van der Waals surface area contributed by atoms with Crippen LogP contribution < -0.4 is 10.1 Å². The number of carboxylic acids is 1. The maximum absolute atomic E-state index is 13.9. The van der Waals surface area contributed by atoms with Gasteiger partial charge in [-0.15, -0.1) is 0 Å². The van der Waals surface area contributed by atoms with E-state index in [2.05, 4.69) is 5.32 Å². The SMILES string of the molecule is COc1ccc(C(NC(=O)C2CC2c2ccccc2Cl)C(=O)O)cc1F. The van der Waals surface area contributed by atoms with Gasteiger partial charge in [0, 0.05) is 10.9 Å². The molecule has 26 heavy (non-hydrogen) atoms. The van der Waals surface area contributed by atoms with Crippen LogP contribution in [0.1, 0.15) is 29.5 Å². The molecule has 2 aromatic carbocycles. The third kappa shape index (κ3) is 3.65. The average Bonchev–Trinajstić information content (AvgIpc) is 3.40. The van der Waals surface area contributed by atoms with Gasteiger partial charge in [-0.2, -0.15) is 0 Å². The summed E-state index contributed by atoms with van der Waals surface area (Å²) in [4.78, 5) is 24.0. The summed E-state index contributed by atoms with van der Waals surface area (Å²) < 4.78 is 18.7. The Morgan fingerprint density at radius 2 is 2.04 bits per heavy atom. The number of benzene rings is 2. The number of ether oxygens (including phenoxy) is 1. The minimum absolute atomic E-state index is 0.00481. The lowest BCUT2D eigenvalue weighted by atomic mass is 10.1. The fraction of sp³-hybridized carbons (Fsp3) is 0.263. The zero-order valence-corrected chi connectivity index (χ0v) is 14.7. The molecule has 0 aliphatic heterocycles. The maximum atomic E-state index is 13.9. The van der Waals surface area contributed by atoms with E-state index in [1.807, 2.05) is 18.2 Å². The molecule has 3 unspecified atom stereocenters. The summed E-state index contributed by atoms with van der Waals surface area (Å²) in [5.74, 6) is -2.72. The molecule has 1 saturated carbocycles. The maximum Gasteiger partial charge on any atom is 0.330 e. The van der Waals surface area contributed by atoms with Crippen LogP contribution in [-0.2, 0) is 9.59 Å². The number of hydrogen-bond acceptors (Lipinski definition) is 3. The van der Waals surface area contributed by atoms with Gasteiger partial charge in [0.2, 0.25) is 5.91 Å². The smallest absolute Gasteiger partial charge is 0.330 e. The van der Waals surface area contributed by atoms with Crippen LogP contribution in [0.5, 0.6) is 5.75 Å². The molecular formula is C19H17ClFNO4. The number of halogens is 2. The van der Waals surface area contributed by atoms with Crippen molar-refractivity contribution in [2.24, 2.45) is 5.92 Å². The van der Waals surface area contributed by atoms with Crippen molar-refractivity contribution in [1.82, 2.24) is 5.32 Å². The van der Waals surface area contributed by atoms with Crippen LogP contribution >= 0.6 is 11.6 Å². The van der Waals surface area contributed by atoms with Gasteiger partial charge in [0.05, 0.1) is 7.11 Å². The highest BCUT2D eigenvalue weighted by atomic mass is 35.5. The summed E-state index contributed by atoms with van der Waals surface area (Å²) in [5.41, 5.74) is 1.01. The quantitative estimate of drug-likeness (QED) is 0.807. The van der Waals surface area contributed by atoms with Crippen molar-refractivity contribution in [3.63, 3.8) is 0 Å². The Morgan fingerprint density at radius 1 is 1.31 bits per heavy atom. The standard InChI is InChI=1S/C19H17ClFNO4/c1-26-16-7-6-10(8-15(16)21)17(19(24)25)22-18(23)13-9-12(13)11-4-2-3-5-14(11)20/h2-8,12-13,17H,9H2,1H3,(H,22,23)(H,24,25). The van der Waals surface area contributed by atoms with Gasteiger partial charge in [0.25, 0.3) is 0 Å². The molecule has 1 aliphatic carbocycles. The van der Waals surface area contributed by atoms with Gasteiger partial charge in [-0.25, -0.2) is 9.18 Å². The van der Waals surface area contributed by atoms with Gasteiger partial charge in [0.15, 0.2) is 17.6 Å². The van der Waals surface area contributed by atoms with Gasteiger partial charge >= 0.3 is 5.97 Å². The molecule has 0 heterocycles.